The average Bonchev–Trinajstić information content (AvgIpc) is 2.86. The van der Waals surface area contributed by atoms with E-state index in [0.29, 0.717) is 15.0 Å². The van der Waals surface area contributed by atoms with Crippen LogP contribution in [0.15, 0.2) is 41.3 Å². The third kappa shape index (κ3) is 3.52. The molecule has 2 aromatic carbocycles. The van der Waals surface area contributed by atoms with Gasteiger partial charge >= 0.3 is 5.97 Å². The Morgan fingerprint density at radius 1 is 1.32 bits per heavy atom. The molecule has 0 bridgehead atoms. The van der Waals surface area contributed by atoms with E-state index in [1.807, 2.05) is 36.4 Å². The Morgan fingerprint density at radius 2 is 2.08 bits per heavy atom. The monoisotopic (exact) mass is 373 g/mol. The van der Waals surface area contributed by atoms with Crippen molar-refractivity contribution in [1.82, 2.24) is 4.90 Å². The summed E-state index contributed by atoms with van der Waals surface area (Å²) in [6.45, 7) is 0.0734. The molecule has 0 radical (unpaired) electrons. The third-order valence-corrected chi connectivity index (χ3v) is 5.23. The summed E-state index contributed by atoms with van der Waals surface area (Å²) < 4.78 is 5.81. The van der Waals surface area contributed by atoms with E-state index in [1.54, 1.807) is 13.2 Å². The van der Waals surface area contributed by atoms with Gasteiger partial charge in [0.25, 0.3) is 5.91 Å². The van der Waals surface area contributed by atoms with Crippen LogP contribution in [-0.2, 0) is 9.59 Å². The number of carbonyl (C=O) groups is 2. The zero-order chi connectivity index (χ0) is 18.0. The zero-order valence-corrected chi connectivity index (χ0v) is 15.0. The number of rotatable bonds is 5. The van der Waals surface area contributed by atoms with Gasteiger partial charge in [0.2, 0.25) is 0 Å². The first-order valence-electron chi connectivity index (χ1n) is 7.54. The van der Waals surface area contributed by atoms with Crippen molar-refractivity contribution in [2.24, 2.45) is 0 Å². The summed E-state index contributed by atoms with van der Waals surface area (Å²) in [5.74, 6) is -0.575. The lowest BCUT2D eigenvalue weighted by Gasteiger charge is -2.12. The highest BCUT2D eigenvalue weighted by Crippen LogP contribution is 2.36. The molecule has 0 spiro atoms. The molecule has 1 saturated heterocycles. The number of hydrogen-bond donors (Lipinski definition) is 1. The molecule has 25 heavy (non-hydrogen) atoms. The highest BCUT2D eigenvalue weighted by atomic mass is 32.2. The third-order valence-electron chi connectivity index (χ3n) is 3.85. The fourth-order valence-electron chi connectivity index (χ4n) is 2.63. The molecule has 0 unspecified atom stereocenters. The summed E-state index contributed by atoms with van der Waals surface area (Å²) in [7, 11) is 1.58. The maximum absolute atomic E-state index is 12.6. The lowest BCUT2D eigenvalue weighted by Crippen LogP contribution is -2.30. The molecule has 1 N–H and O–H groups in total. The molecule has 128 valence electrons. The maximum Gasteiger partial charge on any atom is 0.305 e. The molecule has 3 rings (SSSR count). The number of carboxylic acids is 1. The molecule has 1 aliphatic rings. The van der Waals surface area contributed by atoms with Gasteiger partial charge in [0.05, 0.1) is 18.4 Å². The van der Waals surface area contributed by atoms with Crippen molar-refractivity contribution in [2.75, 3.05) is 13.7 Å². The van der Waals surface area contributed by atoms with Gasteiger partial charge in [-0.1, -0.05) is 54.3 Å². The van der Waals surface area contributed by atoms with Crippen molar-refractivity contribution in [2.45, 2.75) is 6.42 Å². The van der Waals surface area contributed by atoms with Crippen LogP contribution in [0.5, 0.6) is 5.75 Å². The standard InChI is InChI=1S/C18H15NO4S2/c1-23-14-7-6-11-4-2-3-5-12(11)13(14)10-15-17(22)19(18(24)25-15)9-8-16(20)21/h2-7,10H,8-9H2,1H3,(H,20,21). The minimum absolute atomic E-state index is 0.0734. The van der Waals surface area contributed by atoms with Crippen LogP contribution in [0.2, 0.25) is 0 Å². The van der Waals surface area contributed by atoms with E-state index in [-0.39, 0.29) is 18.9 Å². The summed E-state index contributed by atoms with van der Waals surface area (Å²) in [5.41, 5.74) is 0.805. The number of ether oxygens (including phenoxy) is 1. The van der Waals surface area contributed by atoms with Crippen LogP contribution in [0.1, 0.15) is 12.0 Å². The van der Waals surface area contributed by atoms with Crippen molar-refractivity contribution in [3.8, 4) is 5.75 Å². The van der Waals surface area contributed by atoms with Crippen LogP contribution in [0.3, 0.4) is 0 Å². The summed E-state index contributed by atoms with van der Waals surface area (Å²) in [5, 5.41) is 10.8. The zero-order valence-electron chi connectivity index (χ0n) is 13.4. The van der Waals surface area contributed by atoms with Gasteiger partial charge in [0.15, 0.2) is 0 Å². The van der Waals surface area contributed by atoms with Crippen LogP contribution in [0.4, 0.5) is 0 Å². The van der Waals surface area contributed by atoms with Crippen molar-refractivity contribution >= 4 is 57.0 Å². The largest absolute Gasteiger partial charge is 0.496 e. The molecule has 0 atom stereocenters. The summed E-state index contributed by atoms with van der Waals surface area (Å²) >= 11 is 6.40. The Kier molecular flexibility index (Phi) is 5.06. The van der Waals surface area contributed by atoms with E-state index in [2.05, 4.69) is 0 Å². The molecule has 0 saturated carbocycles. The number of benzene rings is 2. The minimum atomic E-state index is -0.964. The predicted molar refractivity (Wildman–Crippen MR) is 103 cm³/mol. The number of carboxylic acid groups (broad SMARTS) is 1. The van der Waals surface area contributed by atoms with E-state index in [4.69, 9.17) is 22.1 Å². The summed E-state index contributed by atoms with van der Waals surface area (Å²) in [6, 6.07) is 11.7. The van der Waals surface area contributed by atoms with E-state index in [9.17, 15) is 9.59 Å². The second-order valence-electron chi connectivity index (χ2n) is 5.38. The summed E-state index contributed by atoms with van der Waals surface area (Å²) in [4.78, 5) is 25.1. The molecular formula is C18H15NO4S2. The first-order valence-corrected chi connectivity index (χ1v) is 8.76. The highest BCUT2D eigenvalue weighted by Gasteiger charge is 2.32. The van der Waals surface area contributed by atoms with Crippen LogP contribution >= 0.6 is 24.0 Å². The molecular weight excluding hydrogens is 358 g/mol. The first kappa shape index (κ1) is 17.4. The van der Waals surface area contributed by atoms with E-state index in [1.165, 1.54) is 16.7 Å². The van der Waals surface area contributed by atoms with Crippen LogP contribution in [0.25, 0.3) is 16.8 Å². The molecule has 1 fully saturated rings. The fraction of sp³-hybridized carbons (Fsp3) is 0.167. The second kappa shape index (κ2) is 7.25. The van der Waals surface area contributed by atoms with Gasteiger partial charge in [-0.05, 0) is 22.9 Å². The minimum Gasteiger partial charge on any atom is -0.496 e. The molecule has 0 aromatic heterocycles. The number of fused-ring (bicyclic) bond motifs is 1. The normalized spacial score (nSPS) is 16.0. The maximum atomic E-state index is 12.6. The molecule has 0 aliphatic carbocycles. The Hall–Kier alpha value is -2.38. The lowest BCUT2D eigenvalue weighted by molar-refractivity contribution is -0.137. The Balaban J connectivity index is 2.01. The molecule has 1 amide bonds. The number of hydrogen-bond acceptors (Lipinski definition) is 5. The van der Waals surface area contributed by atoms with Gasteiger partial charge in [0.1, 0.15) is 10.1 Å². The average molecular weight is 373 g/mol. The number of thioether (sulfide) groups is 1. The van der Waals surface area contributed by atoms with Crippen molar-refractivity contribution in [3.05, 3.63) is 46.9 Å². The quantitative estimate of drug-likeness (QED) is 0.639. The smallest absolute Gasteiger partial charge is 0.305 e. The van der Waals surface area contributed by atoms with Gasteiger partial charge in [-0.25, -0.2) is 0 Å². The molecule has 1 heterocycles. The number of nitrogens with zero attached hydrogens (tertiary/aromatic N) is 1. The van der Waals surface area contributed by atoms with E-state index < -0.39 is 5.97 Å². The topological polar surface area (TPSA) is 66.8 Å². The molecule has 1 aliphatic heterocycles. The van der Waals surface area contributed by atoms with Gasteiger partial charge in [0, 0.05) is 12.1 Å². The van der Waals surface area contributed by atoms with Gasteiger partial charge < -0.3 is 9.84 Å². The first-order chi connectivity index (χ1) is 12.0. The summed E-state index contributed by atoms with van der Waals surface area (Å²) in [6.07, 6.45) is 1.62. The van der Waals surface area contributed by atoms with Crippen molar-refractivity contribution < 1.29 is 19.4 Å². The number of thiocarbonyl (C=S) groups is 1. The Bertz CT molecular complexity index is 907. The predicted octanol–water partition coefficient (Wildman–Crippen LogP) is 3.52. The molecule has 7 heteroatoms. The van der Waals surface area contributed by atoms with Crippen LogP contribution < -0.4 is 4.74 Å². The highest BCUT2D eigenvalue weighted by molar-refractivity contribution is 8.26. The number of aliphatic carboxylic acids is 1. The van der Waals surface area contributed by atoms with Crippen molar-refractivity contribution in [1.29, 1.82) is 0 Å². The van der Waals surface area contributed by atoms with Gasteiger partial charge in [-0.3, -0.25) is 14.5 Å². The lowest BCUT2D eigenvalue weighted by atomic mass is 10.0. The van der Waals surface area contributed by atoms with E-state index in [0.717, 1.165) is 16.3 Å². The number of methoxy groups -OCH3 is 1. The van der Waals surface area contributed by atoms with Crippen LogP contribution in [-0.4, -0.2) is 39.9 Å². The van der Waals surface area contributed by atoms with Crippen LogP contribution in [0, 0.1) is 0 Å². The van der Waals surface area contributed by atoms with Gasteiger partial charge in [-0.2, -0.15) is 0 Å². The fourth-order valence-corrected chi connectivity index (χ4v) is 3.92. The van der Waals surface area contributed by atoms with Crippen molar-refractivity contribution in [3.63, 3.8) is 0 Å². The molecule has 2 aromatic rings. The Morgan fingerprint density at radius 3 is 2.80 bits per heavy atom. The Labute approximate surface area is 154 Å². The van der Waals surface area contributed by atoms with E-state index >= 15 is 0 Å². The second-order valence-corrected chi connectivity index (χ2v) is 7.06. The number of carbonyl (C=O) groups excluding carboxylic acids is 1. The SMILES string of the molecule is COc1ccc2ccccc2c1C=C1SC(=S)N(CCC(=O)O)C1=O. The number of amides is 1. The molecule has 5 nitrogen and oxygen atoms in total. The van der Waals surface area contributed by atoms with Gasteiger partial charge in [-0.15, -0.1) is 0 Å².